The lowest BCUT2D eigenvalue weighted by molar-refractivity contribution is -0.138. The molecule has 1 N–H and O–H groups in total. The Bertz CT molecular complexity index is 781. The highest BCUT2D eigenvalue weighted by Gasteiger charge is 2.45. The Kier molecular flexibility index (Phi) is 5.53. The Labute approximate surface area is 171 Å². The molecule has 7 nitrogen and oxygen atoms in total. The predicted octanol–water partition coefficient (Wildman–Crippen LogP) is 1.75. The molecule has 1 aromatic carbocycles. The Morgan fingerprint density at radius 3 is 2.62 bits per heavy atom. The van der Waals surface area contributed by atoms with E-state index in [2.05, 4.69) is 0 Å². The molecular formula is C22H30N2O5. The van der Waals surface area contributed by atoms with Crippen molar-refractivity contribution in [3.05, 3.63) is 29.3 Å². The number of fused-ring (bicyclic) bond motifs is 1. The largest absolute Gasteiger partial charge is 0.484 e. The van der Waals surface area contributed by atoms with E-state index in [9.17, 15) is 14.7 Å². The summed E-state index contributed by atoms with van der Waals surface area (Å²) >= 11 is 0. The fourth-order valence-corrected chi connectivity index (χ4v) is 4.50. The minimum Gasteiger partial charge on any atom is -0.484 e. The first-order valence-electron chi connectivity index (χ1n) is 10.5. The normalized spacial score (nSPS) is 23.3. The second-order valence-corrected chi connectivity index (χ2v) is 8.56. The molecule has 1 aromatic rings. The zero-order valence-electron chi connectivity index (χ0n) is 17.2. The van der Waals surface area contributed by atoms with Crippen LogP contribution < -0.4 is 4.74 Å². The highest BCUT2D eigenvalue weighted by atomic mass is 16.5. The first-order chi connectivity index (χ1) is 13.9. The molecule has 0 aromatic heterocycles. The van der Waals surface area contributed by atoms with Gasteiger partial charge in [0.15, 0.2) is 0 Å². The summed E-state index contributed by atoms with van der Waals surface area (Å²) in [5.41, 5.74) is 0.954. The molecule has 0 saturated carbocycles. The van der Waals surface area contributed by atoms with Crippen molar-refractivity contribution in [3.63, 3.8) is 0 Å². The van der Waals surface area contributed by atoms with Gasteiger partial charge in [0.1, 0.15) is 17.4 Å². The molecule has 3 heterocycles. The first-order valence-corrected chi connectivity index (χ1v) is 10.5. The maximum Gasteiger partial charge on any atom is 0.258 e. The quantitative estimate of drug-likeness (QED) is 0.815. The number of ether oxygens (including phenoxy) is 2. The first kappa shape index (κ1) is 20.2. The minimum absolute atomic E-state index is 0.0661. The average Bonchev–Trinajstić information content (AvgIpc) is 2.83. The number of benzene rings is 1. The van der Waals surface area contributed by atoms with Crippen LogP contribution in [-0.2, 0) is 9.53 Å². The maximum atomic E-state index is 13.5. The lowest BCUT2D eigenvalue weighted by Gasteiger charge is -2.41. The smallest absolute Gasteiger partial charge is 0.258 e. The molecule has 3 aliphatic rings. The SMILES string of the molecule is Cc1ccc2c(c1)C(=O)N(C(C)C(=O)N1CCC(O)CC1)CC1(CCOCC1)O2. The molecular weight excluding hydrogens is 372 g/mol. The zero-order valence-corrected chi connectivity index (χ0v) is 17.2. The third-order valence-corrected chi connectivity index (χ3v) is 6.42. The van der Waals surface area contributed by atoms with Crippen molar-refractivity contribution in [2.24, 2.45) is 0 Å². The molecule has 7 heteroatoms. The number of carbonyl (C=O) groups excluding carboxylic acids is 2. The van der Waals surface area contributed by atoms with Gasteiger partial charge in [-0.05, 0) is 38.8 Å². The minimum atomic E-state index is -0.590. The second-order valence-electron chi connectivity index (χ2n) is 8.56. The monoisotopic (exact) mass is 402 g/mol. The van der Waals surface area contributed by atoms with Gasteiger partial charge in [0.25, 0.3) is 5.91 Å². The Morgan fingerprint density at radius 1 is 1.24 bits per heavy atom. The van der Waals surface area contributed by atoms with Gasteiger partial charge in [-0.1, -0.05) is 11.6 Å². The van der Waals surface area contributed by atoms with E-state index < -0.39 is 11.6 Å². The molecule has 0 radical (unpaired) electrons. The van der Waals surface area contributed by atoms with Crippen LogP contribution in [0.1, 0.15) is 48.5 Å². The van der Waals surface area contributed by atoms with E-state index >= 15 is 0 Å². The van der Waals surface area contributed by atoms with E-state index in [0.29, 0.717) is 69.8 Å². The van der Waals surface area contributed by atoms with Crippen LogP contribution in [0.5, 0.6) is 5.75 Å². The lowest BCUT2D eigenvalue weighted by Crippen LogP contribution is -2.57. The molecule has 1 atom stereocenters. The number of aryl methyl sites for hydroxylation is 1. The van der Waals surface area contributed by atoms with Gasteiger partial charge in [0.05, 0.1) is 31.4 Å². The molecule has 0 aliphatic carbocycles. The Morgan fingerprint density at radius 2 is 1.93 bits per heavy atom. The van der Waals surface area contributed by atoms with Crippen LogP contribution in [0.2, 0.25) is 0 Å². The number of aliphatic hydroxyl groups excluding tert-OH is 1. The van der Waals surface area contributed by atoms with Gasteiger partial charge in [0, 0.05) is 25.9 Å². The highest BCUT2D eigenvalue weighted by Crippen LogP contribution is 2.36. The molecule has 29 heavy (non-hydrogen) atoms. The summed E-state index contributed by atoms with van der Waals surface area (Å²) in [6, 6.07) is 5.06. The number of hydrogen-bond acceptors (Lipinski definition) is 5. The topological polar surface area (TPSA) is 79.3 Å². The van der Waals surface area contributed by atoms with Crippen LogP contribution in [0.3, 0.4) is 0 Å². The third kappa shape index (κ3) is 3.98. The van der Waals surface area contributed by atoms with Crippen LogP contribution in [0, 0.1) is 6.92 Å². The molecule has 1 unspecified atom stereocenters. The van der Waals surface area contributed by atoms with E-state index in [1.54, 1.807) is 16.7 Å². The van der Waals surface area contributed by atoms with Crippen LogP contribution in [-0.4, -0.2) is 77.3 Å². The molecule has 158 valence electrons. The standard InChI is InChI=1S/C22H30N2O5/c1-15-3-4-19-18(13-15)21(27)24(14-22(29-19)7-11-28-12-8-22)16(2)20(26)23-9-5-17(25)6-10-23/h3-4,13,16-17,25H,5-12,14H2,1-2H3. The summed E-state index contributed by atoms with van der Waals surface area (Å²) < 4.78 is 12.0. The fraction of sp³-hybridized carbons (Fsp3) is 0.636. The van der Waals surface area contributed by atoms with Crippen LogP contribution in [0.15, 0.2) is 18.2 Å². The predicted molar refractivity (Wildman–Crippen MR) is 107 cm³/mol. The van der Waals surface area contributed by atoms with Gasteiger partial charge in [-0.3, -0.25) is 9.59 Å². The van der Waals surface area contributed by atoms with Crippen molar-refractivity contribution in [3.8, 4) is 5.75 Å². The van der Waals surface area contributed by atoms with E-state index in [1.807, 2.05) is 25.1 Å². The molecule has 3 aliphatic heterocycles. The molecule has 2 amide bonds. The summed E-state index contributed by atoms with van der Waals surface area (Å²) in [5, 5.41) is 9.75. The van der Waals surface area contributed by atoms with Gasteiger partial charge in [-0.2, -0.15) is 0 Å². The van der Waals surface area contributed by atoms with E-state index in [1.165, 1.54) is 0 Å². The number of piperidine rings is 1. The summed E-state index contributed by atoms with van der Waals surface area (Å²) in [6.07, 6.45) is 2.18. The summed E-state index contributed by atoms with van der Waals surface area (Å²) in [6.45, 7) is 6.33. The third-order valence-electron chi connectivity index (χ3n) is 6.42. The van der Waals surface area contributed by atoms with Gasteiger partial charge in [-0.25, -0.2) is 0 Å². The summed E-state index contributed by atoms with van der Waals surface area (Å²) in [4.78, 5) is 30.1. The lowest BCUT2D eigenvalue weighted by atomic mass is 9.92. The van der Waals surface area contributed by atoms with Gasteiger partial charge >= 0.3 is 0 Å². The maximum absolute atomic E-state index is 13.5. The van der Waals surface area contributed by atoms with Gasteiger partial charge in [-0.15, -0.1) is 0 Å². The number of aliphatic hydroxyl groups is 1. The van der Waals surface area contributed by atoms with Crippen molar-refractivity contribution in [1.29, 1.82) is 0 Å². The van der Waals surface area contributed by atoms with Crippen LogP contribution in [0.4, 0.5) is 0 Å². The van der Waals surface area contributed by atoms with Crippen molar-refractivity contribution in [2.75, 3.05) is 32.8 Å². The van der Waals surface area contributed by atoms with Crippen LogP contribution >= 0.6 is 0 Å². The number of rotatable bonds is 2. The molecule has 4 rings (SSSR count). The molecule has 2 saturated heterocycles. The van der Waals surface area contributed by atoms with Crippen molar-refractivity contribution >= 4 is 11.8 Å². The number of amides is 2. The van der Waals surface area contributed by atoms with Crippen molar-refractivity contribution in [1.82, 2.24) is 9.80 Å². The molecule has 2 fully saturated rings. The number of hydrogen-bond donors (Lipinski definition) is 1. The van der Waals surface area contributed by atoms with E-state index in [-0.39, 0.29) is 17.9 Å². The molecule has 1 spiro atoms. The number of likely N-dealkylation sites (tertiary alicyclic amines) is 1. The van der Waals surface area contributed by atoms with Gasteiger partial charge in [0.2, 0.25) is 5.91 Å². The molecule has 0 bridgehead atoms. The summed E-state index contributed by atoms with van der Waals surface area (Å²) in [5.74, 6) is 0.360. The Hall–Kier alpha value is -2.12. The van der Waals surface area contributed by atoms with Crippen molar-refractivity contribution in [2.45, 2.75) is 57.3 Å². The summed E-state index contributed by atoms with van der Waals surface area (Å²) in [7, 11) is 0. The Balaban J connectivity index is 1.65. The van der Waals surface area contributed by atoms with Gasteiger partial charge < -0.3 is 24.4 Å². The fourth-order valence-electron chi connectivity index (χ4n) is 4.50. The zero-order chi connectivity index (χ0) is 20.6. The van der Waals surface area contributed by atoms with E-state index in [4.69, 9.17) is 9.47 Å². The second kappa shape index (κ2) is 7.95. The number of nitrogens with zero attached hydrogens (tertiary/aromatic N) is 2. The van der Waals surface area contributed by atoms with Crippen molar-refractivity contribution < 1.29 is 24.2 Å². The number of carbonyl (C=O) groups is 2. The average molecular weight is 402 g/mol. The highest BCUT2D eigenvalue weighted by molar-refractivity contribution is 6.00. The van der Waals surface area contributed by atoms with E-state index in [0.717, 1.165) is 5.56 Å². The van der Waals surface area contributed by atoms with Crippen LogP contribution in [0.25, 0.3) is 0 Å².